The van der Waals surface area contributed by atoms with Gasteiger partial charge in [-0.15, -0.1) is 0 Å². The van der Waals surface area contributed by atoms with Crippen molar-refractivity contribution in [3.63, 3.8) is 0 Å². The van der Waals surface area contributed by atoms with Gasteiger partial charge < -0.3 is 10.6 Å². The lowest BCUT2D eigenvalue weighted by Crippen LogP contribution is -2.86. The second-order valence-electron chi connectivity index (χ2n) is 4.61. The van der Waals surface area contributed by atoms with Crippen molar-refractivity contribution in [1.29, 1.82) is 0 Å². The smallest absolute Gasteiger partial charge is 0.279 e. The van der Waals surface area contributed by atoms with Crippen LogP contribution in [0.2, 0.25) is 5.02 Å². The Morgan fingerprint density at radius 3 is 2.74 bits per heavy atom. The summed E-state index contributed by atoms with van der Waals surface area (Å²) in [6, 6.07) is 15.8. The van der Waals surface area contributed by atoms with Crippen LogP contribution in [0.25, 0.3) is 0 Å². The summed E-state index contributed by atoms with van der Waals surface area (Å²) in [7, 11) is 0. The summed E-state index contributed by atoms with van der Waals surface area (Å²) in [5.74, 6) is 0.0157. The summed E-state index contributed by atoms with van der Waals surface area (Å²) < 4.78 is 0. The molecule has 0 fully saturated rings. The van der Waals surface area contributed by atoms with Crippen LogP contribution in [0.3, 0.4) is 0 Å². The Hall–Kier alpha value is -1.84. The minimum atomic E-state index is 0.0157. The van der Waals surface area contributed by atoms with Gasteiger partial charge in [0, 0.05) is 16.1 Å². The number of hydrogen-bond acceptors (Lipinski definition) is 1. The van der Waals surface area contributed by atoms with Crippen molar-refractivity contribution in [2.45, 2.75) is 6.04 Å². The molecule has 0 spiro atoms. The Bertz CT molecular complexity index is 613. The van der Waals surface area contributed by atoms with Gasteiger partial charge >= 0.3 is 0 Å². The first-order valence-electron chi connectivity index (χ1n) is 6.21. The number of halogens is 1. The van der Waals surface area contributed by atoms with Crippen LogP contribution in [0.1, 0.15) is 17.2 Å². The van der Waals surface area contributed by atoms with Gasteiger partial charge in [0.1, 0.15) is 6.04 Å². The van der Waals surface area contributed by atoms with Crippen molar-refractivity contribution in [2.75, 3.05) is 11.9 Å². The number of amides is 1. The number of carbonyl (C=O) groups is 1. The van der Waals surface area contributed by atoms with Crippen molar-refractivity contribution in [3.8, 4) is 0 Å². The second-order valence-corrected chi connectivity index (χ2v) is 5.04. The number of fused-ring (bicyclic) bond motifs is 1. The third kappa shape index (κ3) is 2.48. The van der Waals surface area contributed by atoms with E-state index in [0.717, 1.165) is 11.3 Å². The summed E-state index contributed by atoms with van der Waals surface area (Å²) in [6.07, 6.45) is 0. The molecule has 1 aliphatic heterocycles. The summed E-state index contributed by atoms with van der Waals surface area (Å²) in [6.45, 7) is 0.409. The maximum atomic E-state index is 11.7. The maximum absolute atomic E-state index is 11.7. The first-order chi connectivity index (χ1) is 9.24. The molecule has 0 radical (unpaired) electrons. The molecule has 19 heavy (non-hydrogen) atoms. The maximum Gasteiger partial charge on any atom is 0.279 e. The van der Waals surface area contributed by atoms with Crippen molar-refractivity contribution >= 4 is 23.2 Å². The Kier molecular flexibility index (Phi) is 3.23. The van der Waals surface area contributed by atoms with Crippen LogP contribution in [-0.2, 0) is 4.79 Å². The largest absolute Gasteiger partial charge is 0.328 e. The normalized spacial score (nSPS) is 18.4. The van der Waals surface area contributed by atoms with Crippen LogP contribution in [0, 0.1) is 0 Å². The molecular formula is C15H14ClN2O+. The van der Waals surface area contributed by atoms with E-state index in [4.69, 9.17) is 11.6 Å². The highest BCUT2D eigenvalue weighted by Gasteiger charge is 2.26. The number of nitrogens with two attached hydrogens (primary N) is 1. The molecule has 0 saturated heterocycles. The first kappa shape index (κ1) is 12.2. The molecule has 4 heteroatoms. The number of quaternary nitrogens is 1. The number of benzene rings is 2. The summed E-state index contributed by atoms with van der Waals surface area (Å²) in [5.41, 5.74) is 3.06. The van der Waals surface area contributed by atoms with Crippen LogP contribution >= 0.6 is 11.6 Å². The summed E-state index contributed by atoms with van der Waals surface area (Å²) >= 11 is 6.09. The van der Waals surface area contributed by atoms with Gasteiger partial charge in [-0.05, 0) is 18.2 Å². The molecule has 3 rings (SSSR count). The lowest BCUT2D eigenvalue weighted by Gasteiger charge is -2.15. The van der Waals surface area contributed by atoms with Crippen molar-refractivity contribution < 1.29 is 10.1 Å². The molecule has 0 saturated carbocycles. The van der Waals surface area contributed by atoms with E-state index in [-0.39, 0.29) is 11.9 Å². The monoisotopic (exact) mass is 273 g/mol. The standard InChI is InChI=1S/C15H13ClN2O/c16-11-6-7-13-12(8-11)15(17-9-14(19)18-13)10-4-2-1-3-5-10/h1-8,15,17H,9H2,(H,18,19)/p+1. The van der Waals surface area contributed by atoms with Gasteiger partial charge in [-0.3, -0.25) is 4.79 Å². The quantitative estimate of drug-likeness (QED) is 0.820. The van der Waals surface area contributed by atoms with Crippen molar-refractivity contribution in [2.24, 2.45) is 0 Å². The first-order valence-corrected chi connectivity index (χ1v) is 6.59. The number of nitrogens with one attached hydrogen (secondary N) is 1. The predicted octanol–water partition coefficient (Wildman–Crippen LogP) is 1.94. The molecule has 3 nitrogen and oxygen atoms in total. The van der Waals surface area contributed by atoms with E-state index < -0.39 is 0 Å². The highest BCUT2D eigenvalue weighted by atomic mass is 35.5. The fourth-order valence-electron chi connectivity index (χ4n) is 2.43. The average molecular weight is 274 g/mol. The topological polar surface area (TPSA) is 45.7 Å². The zero-order valence-corrected chi connectivity index (χ0v) is 11.0. The zero-order valence-electron chi connectivity index (χ0n) is 10.3. The van der Waals surface area contributed by atoms with Crippen LogP contribution in [0.4, 0.5) is 5.69 Å². The van der Waals surface area contributed by atoms with Gasteiger partial charge in [0.2, 0.25) is 0 Å². The molecular weight excluding hydrogens is 260 g/mol. The molecule has 3 N–H and O–H groups in total. The summed E-state index contributed by atoms with van der Waals surface area (Å²) in [4.78, 5) is 11.7. The minimum Gasteiger partial charge on any atom is -0.328 e. The minimum absolute atomic E-state index is 0.0157. The molecule has 2 aromatic rings. The molecule has 1 amide bonds. The Balaban J connectivity index is 2.11. The number of carbonyl (C=O) groups excluding carboxylic acids is 1. The van der Waals surface area contributed by atoms with Crippen molar-refractivity contribution in [3.05, 3.63) is 64.7 Å². The third-order valence-corrected chi connectivity index (χ3v) is 3.56. The average Bonchev–Trinajstić information content (AvgIpc) is 2.58. The number of anilines is 1. The third-order valence-electron chi connectivity index (χ3n) is 3.32. The molecule has 0 aliphatic carbocycles. The summed E-state index contributed by atoms with van der Waals surface area (Å²) in [5, 5.41) is 5.64. The fraction of sp³-hybridized carbons (Fsp3) is 0.133. The highest BCUT2D eigenvalue weighted by molar-refractivity contribution is 6.30. The molecule has 1 heterocycles. The lowest BCUT2D eigenvalue weighted by atomic mass is 9.97. The van der Waals surface area contributed by atoms with E-state index in [1.54, 1.807) is 6.07 Å². The lowest BCUT2D eigenvalue weighted by molar-refractivity contribution is -0.675. The highest BCUT2D eigenvalue weighted by Crippen LogP contribution is 2.29. The molecule has 1 unspecified atom stereocenters. The molecule has 0 aromatic heterocycles. The van der Waals surface area contributed by atoms with Gasteiger partial charge in [-0.1, -0.05) is 41.9 Å². The predicted molar refractivity (Wildman–Crippen MR) is 75.2 cm³/mol. The van der Waals surface area contributed by atoms with E-state index in [0.29, 0.717) is 11.6 Å². The number of rotatable bonds is 1. The SMILES string of the molecule is O=C1C[NH2+]C(c2ccccc2)c2cc(Cl)ccc2N1. The Labute approximate surface area is 116 Å². The van der Waals surface area contributed by atoms with E-state index in [1.165, 1.54) is 5.56 Å². The van der Waals surface area contributed by atoms with E-state index in [1.807, 2.05) is 35.6 Å². The van der Waals surface area contributed by atoms with Crippen LogP contribution in [0.15, 0.2) is 48.5 Å². The van der Waals surface area contributed by atoms with Crippen LogP contribution < -0.4 is 10.6 Å². The van der Waals surface area contributed by atoms with Crippen LogP contribution in [0.5, 0.6) is 0 Å². The van der Waals surface area contributed by atoms with Gasteiger partial charge in [-0.25, -0.2) is 0 Å². The zero-order chi connectivity index (χ0) is 13.2. The Morgan fingerprint density at radius 1 is 1.16 bits per heavy atom. The second kappa shape index (κ2) is 5.03. The van der Waals surface area contributed by atoms with E-state index in [2.05, 4.69) is 17.4 Å². The molecule has 1 aliphatic rings. The van der Waals surface area contributed by atoms with Gasteiger partial charge in [-0.2, -0.15) is 0 Å². The Morgan fingerprint density at radius 2 is 1.95 bits per heavy atom. The molecule has 1 atom stereocenters. The molecule has 2 aromatic carbocycles. The van der Waals surface area contributed by atoms with Crippen molar-refractivity contribution in [1.82, 2.24) is 0 Å². The van der Waals surface area contributed by atoms with Gasteiger partial charge in [0.15, 0.2) is 6.54 Å². The van der Waals surface area contributed by atoms with E-state index >= 15 is 0 Å². The number of hydrogen-bond donors (Lipinski definition) is 2. The van der Waals surface area contributed by atoms with E-state index in [9.17, 15) is 4.79 Å². The molecule has 96 valence electrons. The van der Waals surface area contributed by atoms with Gasteiger partial charge in [0.25, 0.3) is 5.91 Å². The van der Waals surface area contributed by atoms with Gasteiger partial charge in [0.05, 0.1) is 5.69 Å². The fourth-order valence-corrected chi connectivity index (χ4v) is 2.61. The molecule has 0 bridgehead atoms. The van der Waals surface area contributed by atoms with Crippen LogP contribution in [-0.4, -0.2) is 12.5 Å².